The van der Waals surface area contributed by atoms with E-state index in [-0.39, 0.29) is 12.5 Å². The van der Waals surface area contributed by atoms with Crippen LogP contribution in [0.3, 0.4) is 0 Å². The van der Waals surface area contributed by atoms with E-state index >= 15 is 0 Å². The molecule has 1 amide bonds. The maximum Gasteiger partial charge on any atom is 0.338 e. The molecule has 168 valence electrons. The summed E-state index contributed by atoms with van der Waals surface area (Å²) in [4.78, 5) is 26.4. The predicted molar refractivity (Wildman–Crippen MR) is 133 cm³/mol. The number of esters is 1. The molecule has 0 bridgehead atoms. The number of carbonyl (C=O) groups is 2. The number of carbonyl (C=O) groups excluding carboxylic acids is 2. The van der Waals surface area contributed by atoms with Crippen molar-refractivity contribution in [1.29, 1.82) is 0 Å². The zero-order valence-corrected chi connectivity index (χ0v) is 20.6. The van der Waals surface area contributed by atoms with Gasteiger partial charge in [-0.05, 0) is 48.7 Å². The van der Waals surface area contributed by atoms with Crippen molar-refractivity contribution in [2.75, 3.05) is 0 Å². The lowest BCUT2D eigenvalue weighted by Gasteiger charge is -2.22. The molecule has 0 N–H and O–H groups in total. The van der Waals surface area contributed by atoms with E-state index < -0.39 is 5.97 Å². The summed E-state index contributed by atoms with van der Waals surface area (Å²) >= 11 is 3.35. The van der Waals surface area contributed by atoms with Gasteiger partial charge >= 0.3 is 5.97 Å². The fourth-order valence-corrected chi connectivity index (χ4v) is 4.14. The van der Waals surface area contributed by atoms with Crippen LogP contribution in [0, 0.1) is 26.2 Å². The number of aryl methyl sites for hydroxylation is 2. The number of amides is 1. The normalized spacial score (nSPS) is 10.4. The Kier molecular flexibility index (Phi) is 8.08. The van der Waals surface area contributed by atoms with Gasteiger partial charge in [-0.2, -0.15) is 0 Å². The molecule has 3 rings (SSSR count). The van der Waals surface area contributed by atoms with Gasteiger partial charge in [0.2, 0.25) is 5.91 Å². The first-order valence-electron chi connectivity index (χ1n) is 10.6. The lowest BCUT2D eigenvalue weighted by molar-refractivity contribution is -0.130. The third-order valence-corrected chi connectivity index (χ3v) is 5.62. The highest BCUT2D eigenvalue weighted by Gasteiger charge is 2.12. The molecule has 0 aliphatic rings. The Bertz CT molecular complexity index is 1190. The van der Waals surface area contributed by atoms with Crippen molar-refractivity contribution in [3.8, 4) is 12.3 Å². The Labute approximate surface area is 203 Å². The van der Waals surface area contributed by atoms with Gasteiger partial charge in [0.15, 0.2) is 0 Å². The van der Waals surface area contributed by atoms with Gasteiger partial charge in [0.25, 0.3) is 0 Å². The van der Waals surface area contributed by atoms with E-state index in [2.05, 4.69) is 53.9 Å². The molecule has 0 radical (unpaired) electrons. The summed E-state index contributed by atoms with van der Waals surface area (Å²) < 4.78 is 6.16. The number of hydrogen-bond donors (Lipinski definition) is 0. The van der Waals surface area contributed by atoms with Crippen LogP contribution in [0.4, 0.5) is 0 Å². The second kappa shape index (κ2) is 11.0. The van der Waals surface area contributed by atoms with Gasteiger partial charge in [-0.15, -0.1) is 6.42 Å². The van der Waals surface area contributed by atoms with Crippen LogP contribution in [0.2, 0.25) is 0 Å². The van der Waals surface area contributed by atoms with Gasteiger partial charge < -0.3 is 9.64 Å². The molecule has 5 heteroatoms. The molecule has 0 aromatic heterocycles. The van der Waals surface area contributed by atoms with Crippen molar-refractivity contribution in [1.82, 2.24) is 4.90 Å². The largest absolute Gasteiger partial charge is 0.457 e. The molecule has 0 saturated carbocycles. The Morgan fingerprint density at radius 2 is 1.52 bits per heavy atom. The quantitative estimate of drug-likeness (QED) is 0.295. The zero-order chi connectivity index (χ0) is 24.0. The minimum atomic E-state index is -0.437. The van der Waals surface area contributed by atoms with Crippen molar-refractivity contribution >= 4 is 27.8 Å². The van der Waals surface area contributed by atoms with Crippen LogP contribution in [-0.4, -0.2) is 16.8 Å². The number of rotatable bonds is 7. The minimum absolute atomic E-state index is 0.0209. The molecule has 0 unspecified atom stereocenters. The van der Waals surface area contributed by atoms with E-state index in [4.69, 9.17) is 11.2 Å². The molecule has 3 aromatic rings. The van der Waals surface area contributed by atoms with Crippen LogP contribution in [0.1, 0.15) is 50.7 Å². The van der Waals surface area contributed by atoms with E-state index in [1.807, 2.05) is 29.2 Å². The highest BCUT2D eigenvalue weighted by atomic mass is 79.9. The molecule has 0 atom stereocenters. The zero-order valence-electron chi connectivity index (χ0n) is 19.0. The van der Waals surface area contributed by atoms with Crippen LogP contribution in [-0.2, 0) is 29.2 Å². The molecule has 0 aliphatic carbocycles. The van der Waals surface area contributed by atoms with E-state index in [0.29, 0.717) is 24.2 Å². The average molecular weight is 504 g/mol. The monoisotopic (exact) mass is 503 g/mol. The molecule has 33 heavy (non-hydrogen) atoms. The first-order chi connectivity index (χ1) is 15.7. The molecule has 0 aliphatic heterocycles. The fourth-order valence-electron chi connectivity index (χ4n) is 3.64. The van der Waals surface area contributed by atoms with Crippen molar-refractivity contribution in [3.63, 3.8) is 0 Å². The van der Waals surface area contributed by atoms with Crippen molar-refractivity contribution in [3.05, 3.63) is 104 Å². The second-order valence-electron chi connectivity index (χ2n) is 8.14. The third kappa shape index (κ3) is 7.06. The van der Waals surface area contributed by atoms with E-state index in [1.165, 1.54) is 11.1 Å². The van der Waals surface area contributed by atoms with Gasteiger partial charge in [0.1, 0.15) is 6.61 Å². The van der Waals surface area contributed by atoms with Crippen LogP contribution in [0.5, 0.6) is 0 Å². The van der Waals surface area contributed by atoms with Gasteiger partial charge in [-0.25, -0.2) is 4.79 Å². The summed E-state index contributed by atoms with van der Waals surface area (Å²) in [7, 11) is 0. The summed E-state index contributed by atoms with van der Waals surface area (Å²) in [5, 5.41) is 0. The molecule has 0 spiro atoms. The first kappa shape index (κ1) is 24.3. The summed E-state index contributed by atoms with van der Waals surface area (Å²) in [5.41, 5.74) is 6.37. The molecular weight excluding hydrogens is 478 g/mol. The van der Waals surface area contributed by atoms with Gasteiger partial charge in [0, 0.05) is 30.0 Å². The highest BCUT2D eigenvalue weighted by molar-refractivity contribution is 9.10. The smallest absolute Gasteiger partial charge is 0.338 e. The topological polar surface area (TPSA) is 46.6 Å². The van der Waals surface area contributed by atoms with Gasteiger partial charge in [-0.3, -0.25) is 4.79 Å². The highest BCUT2D eigenvalue weighted by Crippen LogP contribution is 2.18. The summed E-state index contributed by atoms with van der Waals surface area (Å²) in [6.07, 6.45) is 5.43. The molecule has 0 saturated heterocycles. The van der Waals surface area contributed by atoms with Crippen molar-refractivity contribution in [2.24, 2.45) is 0 Å². The first-order valence-corrected chi connectivity index (χ1v) is 11.4. The van der Waals surface area contributed by atoms with E-state index in [1.54, 1.807) is 25.1 Å². The molecular formula is C28H26BrNO3. The molecule has 3 aromatic carbocycles. The maximum absolute atomic E-state index is 12.4. The third-order valence-electron chi connectivity index (χ3n) is 5.17. The predicted octanol–water partition coefficient (Wildman–Crippen LogP) is 5.95. The Morgan fingerprint density at radius 1 is 0.909 bits per heavy atom. The summed E-state index contributed by atoms with van der Waals surface area (Å²) in [6, 6.07) is 19.1. The SMILES string of the molecule is C#Cc1cc(Br)cc(C(=O)OCc2ccc(CN(Cc3cc(C)cc(C)c3)C(C)=O)cc2)c1. The Balaban J connectivity index is 1.62. The van der Waals surface area contributed by atoms with Crippen LogP contribution in [0.25, 0.3) is 0 Å². The Morgan fingerprint density at radius 3 is 2.12 bits per heavy atom. The second-order valence-corrected chi connectivity index (χ2v) is 9.05. The number of ether oxygens (including phenoxy) is 1. The van der Waals surface area contributed by atoms with Crippen LogP contribution < -0.4 is 0 Å². The number of benzene rings is 3. The van der Waals surface area contributed by atoms with Crippen molar-refractivity contribution < 1.29 is 14.3 Å². The van der Waals surface area contributed by atoms with E-state index in [0.717, 1.165) is 21.2 Å². The van der Waals surface area contributed by atoms with Gasteiger partial charge in [-0.1, -0.05) is 75.4 Å². The van der Waals surface area contributed by atoms with Crippen molar-refractivity contribution in [2.45, 2.75) is 40.5 Å². The van der Waals surface area contributed by atoms with Crippen LogP contribution >= 0.6 is 15.9 Å². The maximum atomic E-state index is 12.4. The number of halogens is 1. The molecule has 4 nitrogen and oxygen atoms in total. The Hall–Kier alpha value is -3.36. The summed E-state index contributed by atoms with van der Waals surface area (Å²) in [5.74, 6) is 2.11. The lowest BCUT2D eigenvalue weighted by atomic mass is 10.1. The average Bonchev–Trinajstić information content (AvgIpc) is 2.76. The number of terminal acetylenes is 1. The lowest BCUT2D eigenvalue weighted by Crippen LogP contribution is -2.27. The van der Waals surface area contributed by atoms with Gasteiger partial charge in [0.05, 0.1) is 5.56 Å². The minimum Gasteiger partial charge on any atom is -0.457 e. The molecule has 0 heterocycles. The standard InChI is InChI=1S/C28H26BrNO3/c1-5-22-13-26(15-27(29)14-22)28(32)33-18-24-8-6-23(7-9-24)16-30(21(4)31)17-25-11-19(2)10-20(3)12-25/h1,6-15H,16-18H2,2-4H3. The van der Waals surface area contributed by atoms with E-state index in [9.17, 15) is 9.59 Å². The number of nitrogens with zero attached hydrogens (tertiary/aromatic N) is 1. The number of hydrogen-bond acceptors (Lipinski definition) is 3. The summed E-state index contributed by atoms with van der Waals surface area (Å²) in [6.45, 7) is 6.92. The molecule has 0 fully saturated rings. The van der Waals surface area contributed by atoms with Crippen LogP contribution in [0.15, 0.2) is 65.1 Å². The fraction of sp³-hybridized carbons (Fsp3) is 0.214.